The fourth-order valence-corrected chi connectivity index (χ4v) is 4.19. The number of methoxy groups -OCH3 is 2. The van der Waals surface area contributed by atoms with Crippen LogP contribution in [-0.2, 0) is 10.0 Å². The van der Waals surface area contributed by atoms with Gasteiger partial charge in [0.25, 0.3) is 0 Å². The van der Waals surface area contributed by atoms with Crippen LogP contribution in [0.3, 0.4) is 0 Å². The topological polar surface area (TPSA) is 67.9 Å². The second-order valence-corrected chi connectivity index (χ2v) is 7.38. The minimum atomic E-state index is -3.98. The smallest absolute Gasteiger partial charge is 0.243 e. The number of rotatable bonds is 6. The first-order chi connectivity index (χ1) is 10.8. The number of hydrogen-bond acceptors (Lipinski definition) is 5. The Morgan fingerprint density at radius 2 is 1.87 bits per heavy atom. The Morgan fingerprint density at radius 1 is 1.26 bits per heavy atom. The lowest BCUT2D eigenvalue weighted by atomic mass is 10.1. The molecule has 0 aliphatic carbocycles. The molecule has 0 bridgehead atoms. The lowest BCUT2D eigenvalue weighted by Gasteiger charge is -2.18. The molecule has 1 aromatic rings. The van der Waals surface area contributed by atoms with E-state index in [1.54, 1.807) is 0 Å². The van der Waals surface area contributed by atoms with Crippen molar-refractivity contribution < 1.29 is 22.3 Å². The third kappa shape index (κ3) is 3.76. The summed E-state index contributed by atoms with van der Waals surface area (Å²) < 4.78 is 51.9. The van der Waals surface area contributed by atoms with Crippen LogP contribution in [0.4, 0.5) is 4.39 Å². The minimum Gasteiger partial charge on any atom is -0.493 e. The van der Waals surface area contributed by atoms with E-state index in [2.05, 4.69) is 9.62 Å². The van der Waals surface area contributed by atoms with Gasteiger partial charge >= 0.3 is 0 Å². The van der Waals surface area contributed by atoms with Gasteiger partial charge in [-0.1, -0.05) is 13.8 Å². The highest BCUT2D eigenvalue weighted by molar-refractivity contribution is 7.89. The van der Waals surface area contributed by atoms with Gasteiger partial charge in [-0.25, -0.2) is 17.5 Å². The zero-order chi connectivity index (χ0) is 17.2. The van der Waals surface area contributed by atoms with E-state index < -0.39 is 20.7 Å². The van der Waals surface area contributed by atoms with Gasteiger partial charge in [-0.3, -0.25) is 0 Å². The van der Waals surface area contributed by atoms with E-state index >= 15 is 0 Å². The van der Waals surface area contributed by atoms with E-state index in [1.807, 2.05) is 13.8 Å². The second kappa shape index (κ2) is 7.02. The average molecular weight is 346 g/mol. The molecular weight excluding hydrogens is 323 g/mol. The SMILES string of the molecule is CCN1C[C@H](C)[C@H](NS(=O)(=O)c2cc(OC)c(OC)cc2F)C1. The van der Waals surface area contributed by atoms with E-state index in [0.29, 0.717) is 6.54 Å². The molecule has 1 saturated heterocycles. The monoisotopic (exact) mass is 346 g/mol. The van der Waals surface area contributed by atoms with Gasteiger partial charge in [-0.2, -0.15) is 0 Å². The summed E-state index contributed by atoms with van der Waals surface area (Å²) in [5.74, 6) is -0.389. The molecule has 6 nitrogen and oxygen atoms in total. The van der Waals surface area contributed by atoms with Crippen molar-refractivity contribution in [2.24, 2.45) is 5.92 Å². The Hall–Kier alpha value is -1.38. The molecule has 8 heteroatoms. The summed E-state index contributed by atoms with van der Waals surface area (Å²) in [6.07, 6.45) is 0. The molecule has 23 heavy (non-hydrogen) atoms. The molecular formula is C15H23FN2O4S. The van der Waals surface area contributed by atoms with Crippen LogP contribution in [0.5, 0.6) is 11.5 Å². The summed E-state index contributed by atoms with van der Waals surface area (Å²) in [6, 6.07) is 1.92. The zero-order valence-electron chi connectivity index (χ0n) is 13.8. The van der Waals surface area contributed by atoms with Crippen molar-refractivity contribution in [1.29, 1.82) is 0 Å². The Morgan fingerprint density at radius 3 is 2.39 bits per heavy atom. The van der Waals surface area contributed by atoms with Crippen LogP contribution in [0.2, 0.25) is 0 Å². The summed E-state index contributed by atoms with van der Waals surface area (Å²) >= 11 is 0. The van der Waals surface area contributed by atoms with E-state index in [0.717, 1.165) is 25.2 Å². The molecule has 1 aromatic carbocycles. The van der Waals surface area contributed by atoms with Crippen LogP contribution in [-0.4, -0.2) is 53.2 Å². The van der Waals surface area contributed by atoms with Crippen molar-refractivity contribution in [2.75, 3.05) is 33.9 Å². The van der Waals surface area contributed by atoms with Crippen LogP contribution < -0.4 is 14.2 Å². The largest absolute Gasteiger partial charge is 0.493 e. The summed E-state index contributed by atoms with van der Waals surface area (Å²) in [7, 11) is -1.25. The normalized spacial score (nSPS) is 22.3. The van der Waals surface area contributed by atoms with Gasteiger partial charge in [0.1, 0.15) is 10.7 Å². The third-order valence-corrected chi connectivity index (χ3v) is 5.67. The fourth-order valence-electron chi connectivity index (χ4n) is 2.78. The minimum absolute atomic E-state index is 0.148. The third-order valence-electron chi connectivity index (χ3n) is 4.17. The number of ether oxygens (including phenoxy) is 2. The van der Waals surface area contributed by atoms with Crippen molar-refractivity contribution in [3.8, 4) is 11.5 Å². The van der Waals surface area contributed by atoms with Gasteiger partial charge in [-0.05, 0) is 12.5 Å². The van der Waals surface area contributed by atoms with Crippen LogP contribution in [0, 0.1) is 11.7 Å². The number of benzene rings is 1. The van der Waals surface area contributed by atoms with Gasteiger partial charge in [0.05, 0.1) is 14.2 Å². The first-order valence-electron chi connectivity index (χ1n) is 7.48. The van der Waals surface area contributed by atoms with Gasteiger partial charge in [-0.15, -0.1) is 0 Å². The molecule has 1 aliphatic heterocycles. The molecule has 2 atom stereocenters. The van der Waals surface area contributed by atoms with Crippen LogP contribution >= 0.6 is 0 Å². The quantitative estimate of drug-likeness (QED) is 0.845. The maximum atomic E-state index is 14.2. The van der Waals surface area contributed by atoms with Gasteiger partial charge < -0.3 is 14.4 Å². The highest BCUT2D eigenvalue weighted by atomic mass is 32.2. The van der Waals surface area contributed by atoms with Crippen LogP contribution in [0.15, 0.2) is 17.0 Å². The van der Waals surface area contributed by atoms with Crippen molar-refractivity contribution in [3.63, 3.8) is 0 Å². The molecule has 1 fully saturated rings. The lowest BCUT2D eigenvalue weighted by Crippen LogP contribution is -2.40. The van der Waals surface area contributed by atoms with Gasteiger partial charge in [0.2, 0.25) is 10.0 Å². The summed E-state index contributed by atoms with van der Waals surface area (Å²) in [6.45, 7) is 6.29. The molecule has 0 aromatic heterocycles. The summed E-state index contributed by atoms with van der Waals surface area (Å²) in [5.41, 5.74) is 0. The first-order valence-corrected chi connectivity index (χ1v) is 8.96. The number of likely N-dealkylation sites (tertiary alicyclic amines) is 1. The van der Waals surface area contributed by atoms with Crippen LogP contribution in [0.1, 0.15) is 13.8 Å². The second-order valence-electron chi connectivity index (χ2n) is 5.69. The molecule has 0 spiro atoms. The Kier molecular flexibility index (Phi) is 5.49. The molecule has 2 rings (SSSR count). The molecule has 0 radical (unpaired) electrons. The Balaban J connectivity index is 2.29. The van der Waals surface area contributed by atoms with Crippen molar-refractivity contribution >= 4 is 10.0 Å². The molecule has 1 aliphatic rings. The molecule has 1 N–H and O–H groups in total. The fraction of sp³-hybridized carbons (Fsp3) is 0.600. The molecule has 0 unspecified atom stereocenters. The predicted molar refractivity (Wildman–Crippen MR) is 84.9 cm³/mol. The van der Waals surface area contributed by atoms with E-state index in [1.165, 1.54) is 14.2 Å². The van der Waals surface area contributed by atoms with Crippen molar-refractivity contribution in [1.82, 2.24) is 9.62 Å². The summed E-state index contributed by atoms with van der Waals surface area (Å²) in [4.78, 5) is 1.72. The molecule has 1 heterocycles. The number of halogens is 1. The van der Waals surface area contributed by atoms with E-state index in [9.17, 15) is 12.8 Å². The highest BCUT2D eigenvalue weighted by Gasteiger charge is 2.33. The maximum absolute atomic E-state index is 14.2. The number of nitrogens with zero attached hydrogens (tertiary/aromatic N) is 1. The van der Waals surface area contributed by atoms with E-state index in [4.69, 9.17) is 9.47 Å². The highest BCUT2D eigenvalue weighted by Crippen LogP contribution is 2.32. The number of sulfonamides is 1. The van der Waals surface area contributed by atoms with Crippen molar-refractivity contribution in [3.05, 3.63) is 17.9 Å². The number of nitrogens with one attached hydrogen (secondary N) is 1. The number of likely N-dealkylation sites (N-methyl/N-ethyl adjacent to an activating group) is 1. The maximum Gasteiger partial charge on any atom is 0.243 e. The number of hydrogen-bond donors (Lipinski definition) is 1. The average Bonchev–Trinajstić information content (AvgIpc) is 2.86. The van der Waals surface area contributed by atoms with Gasteiger partial charge in [0.15, 0.2) is 11.5 Å². The summed E-state index contributed by atoms with van der Waals surface area (Å²) in [5, 5.41) is 0. The lowest BCUT2D eigenvalue weighted by molar-refractivity contribution is 0.344. The Labute approximate surface area is 136 Å². The molecule has 130 valence electrons. The standard InChI is InChI=1S/C15H23FN2O4S/c1-5-18-8-10(2)12(9-18)17-23(19,20)15-7-14(22-4)13(21-3)6-11(15)16/h6-7,10,12,17H,5,8-9H2,1-4H3/t10-,12+/m0/s1. The van der Waals surface area contributed by atoms with Crippen molar-refractivity contribution in [2.45, 2.75) is 24.8 Å². The molecule has 0 saturated carbocycles. The van der Waals surface area contributed by atoms with E-state index in [-0.39, 0.29) is 23.5 Å². The predicted octanol–water partition coefficient (Wildman–Crippen LogP) is 1.46. The van der Waals surface area contributed by atoms with Gasteiger partial charge in [0, 0.05) is 31.3 Å². The van der Waals surface area contributed by atoms with Crippen LogP contribution in [0.25, 0.3) is 0 Å². The first kappa shape index (κ1) is 18.0. The molecule has 0 amide bonds. The zero-order valence-corrected chi connectivity index (χ0v) is 14.6. The Bertz CT molecular complexity index is 666.